The van der Waals surface area contributed by atoms with Crippen molar-refractivity contribution in [3.63, 3.8) is 0 Å². The van der Waals surface area contributed by atoms with E-state index < -0.39 is 0 Å². The maximum Gasteiger partial charge on any atom is 0.168 e. The number of allylic oxidation sites excluding steroid dienone is 2. The number of rotatable bonds is 5. The van der Waals surface area contributed by atoms with E-state index in [1.54, 1.807) is 11.3 Å². The number of thiophene rings is 1. The number of nitrogens with zero attached hydrogens (tertiary/aromatic N) is 1. The predicted octanol–water partition coefficient (Wildman–Crippen LogP) is 4.12. The first-order valence-corrected chi connectivity index (χ1v) is 8.14. The lowest BCUT2D eigenvalue weighted by Crippen LogP contribution is -2.23. The lowest BCUT2D eigenvalue weighted by molar-refractivity contribution is -0.116. The van der Waals surface area contributed by atoms with Gasteiger partial charge in [0.1, 0.15) is 12.4 Å². The monoisotopic (exact) mass is 307 g/mol. The minimum absolute atomic E-state index is 0.0462. The van der Waals surface area contributed by atoms with Crippen molar-refractivity contribution in [1.82, 2.24) is 0 Å². The van der Waals surface area contributed by atoms with Crippen LogP contribution < -0.4 is 0 Å². The molecular formula is C16H21NO3S. The molecule has 0 spiro atoms. The Labute approximate surface area is 129 Å². The highest BCUT2D eigenvalue weighted by Gasteiger charge is 2.31. The lowest BCUT2D eigenvalue weighted by atomic mass is 9.84. The normalized spacial score (nSPS) is 20.0. The van der Waals surface area contributed by atoms with E-state index in [1.807, 2.05) is 20.8 Å². The fourth-order valence-corrected chi connectivity index (χ4v) is 3.52. The Morgan fingerprint density at radius 3 is 2.76 bits per heavy atom. The molecule has 1 aliphatic carbocycles. The van der Waals surface area contributed by atoms with Crippen LogP contribution in [0.4, 0.5) is 0 Å². The van der Waals surface area contributed by atoms with Gasteiger partial charge in [0.05, 0.1) is 11.3 Å². The van der Waals surface area contributed by atoms with Gasteiger partial charge in [-0.15, -0.1) is 11.3 Å². The van der Waals surface area contributed by atoms with Gasteiger partial charge in [-0.25, -0.2) is 0 Å². The first kappa shape index (κ1) is 15.8. The molecule has 0 saturated carbocycles. The van der Waals surface area contributed by atoms with Crippen LogP contribution in [-0.2, 0) is 9.63 Å². The second-order valence-electron chi connectivity index (χ2n) is 5.19. The molecule has 1 N–H and O–H groups in total. The molecule has 5 heteroatoms. The molecule has 0 aliphatic heterocycles. The van der Waals surface area contributed by atoms with E-state index in [9.17, 15) is 9.90 Å². The largest absolute Gasteiger partial charge is 0.511 e. The molecule has 0 amide bonds. The van der Waals surface area contributed by atoms with E-state index in [-0.39, 0.29) is 17.5 Å². The van der Waals surface area contributed by atoms with E-state index in [0.29, 0.717) is 37.2 Å². The van der Waals surface area contributed by atoms with E-state index in [2.05, 4.69) is 16.6 Å². The van der Waals surface area contributed by atoms with Gasteiger partial charge in [0.2, 0.25) is 0 Å². The number of aryl methyl sites for hydroxylation is 1. The highest BCUT2D eigenvalue weighted by Crippen LogP contribution is 2.37. The van der Waals surface area contributed by atoms with Crippen LogP contribution in [0.1, 0.15) is 49.5 Å². The van der Waals surface area contributed by atoms with Crippen LogP contribution in [0.3, 0.4) is 0 Å². The standard InChI is InChI=1S/C16H21NO3S/c1-4-12(17-20-5-2)16-13(18)7-11(8-14(16)19)15-6-10(3)9-21-15/h6,9,11,18H,4-5,7-8H2,1-3H3. The number of carbonyl (C=O) groups excluding carboxylic acids is 1. The topological polar surface area (TPSA) is 58.9 Å². The summed E-state index contributed by atoms with van der Waals surface area (Å²) in [5, 5.41) is 16.3. The fourth-order valence-electron chi connectivity index (χ4n) is 2.52. The zero-order chi connectivity index (χ0) is 15.4. The Kier molecular flexibility index (Phi) is 5.17. The van der Waals surface area contributed by atoms with Gasteiger partial charge in [0.15, 0.2) is 5.78 Å². The molecule has 1 aromatic rings. The molecule has 1 aromatic heterocycles. The van der Waals surface area contributed by atoms with E-state index >= 15 is 0 Å². The summed E-state index contributed by atoms with van der Waals surface area (Å²) in [7, 11) is 0. The molecule has 21 heavy (non-hydrogen) atoms. The van der Waals surface area contributed by atoms with Crippen molar-refractivity contribution in [1.29, 1.82) is 0 Å². The quantitative estimate of drug-likeness (QED) is 0.657. The van der Waals surface area contributed by atoms with Crippen molar-refractivity contribution in [3.05, 3.63) is 33.2 Å². The molecule has 0 radical (unpaired) electrons. The number of aliphatic hydroxyl groups excluding tert-OH is 1. The van der Waals surface area contributed by atoms with Gasteiger partial charge in [0, 0.05) is 23.6 Å². The van der Waals surface area contributed by atoms with Gasteiger partial charge in [0.25, 0.3) is 0 Å². The first-order valence-electron chi connectivity index (χ1n) is 7.26. The summed E-state index contributed by atoms with van der Waals surface area (Å²) in [6.45, 7) is 6.22. The van der Waals surface area contributed by atoms with Gasteiger partial charge in [-0.1, -0.05) is 12.1 Å². The van der Waals surface area contributed by atoms with E-state index in [4.69, 9.17) is 4.84 Å². The number of carbonyl (C=O) groups is 1. The third-order valence-electron chi connectivity index (χ3n) is 3.52. The van der Waals surface area contributed by atoms with Crippen molar-refractivity contribution in [2.24, 2.45) is 5.16 Å². The maximum atomic E-state index is 12.4. The van der Waals surface area contributed by atoms with Crippen LogP contribution in [0.15, 0.2) is 27.9 Å². The first-order chi connectivity index (χ1) is 10.1. The lowest BCUT2D eigenvalue weighted by Gasteiger charge is -2.23. The molecule has 1 unspecified atom stereocenters. The van der Waals surface area contributed by atoms with Gasteiger partial charge in [-0.2, -0.15) is 0 Å². The summed E-state index contributed by atoms with van der Waals surface area (Å²) in [5.41, 5.74) is 2.10. The number of aliphatic hydroxyl groups is 1. The summed E-state index contributed by atoms with van der Waals surface area (Å²) in [6, 6.07) is 2.09. The highest BCUT2D eigenvalue weighted by molar-refractivity contribution is 7.10. The summed E-state index contributed by atoms with van der Waals surface area (Å²) in [5.74, 6) is 0.169. The summed E-state index contributed by atoms with van der Waals surface area (Å²) < 4.78 is 0. The maximum absolute atomic E-state index is 12.4. The molecule has 4 nitrogen and oxygen atoms in total. The molecule has 0 fully saturated rings. The van der Waals surface area contributed by atoms with Crippen LogP contribution in [0, 0.1) is 6.92 Å². The van der Waals surface area contributed by atoms with Gasteiger partial charge >= 0.3 is 0 Å². The average Bonchev–Trinajstić information content (AvgIpc) is 2.88. The van der Waals surface area contributed by atoms with Crippen molar-refractivity contribution in [2.45, 2.75) is 46.0 Å². The number of oxime groups is 1. The summed E-state index contributed by atoms with van der Waals surface area (Å²) in [6.07, 6.45) is 1.48. The Bertz CT molecular complexity index is 586. The predicted molar refractivity (Wildman–Crippen MR) is 85.0 cm³/mol. The van der Waals surface area contributed by atoms with Crippen LogP contribution in [0.25, 0.3) is 0 Å². The molecule has 114 valence electrons. The van der Waals surface area contributed by atoms with Crippen molar-refractivity contribution < 1.29 is 14.7 Å². The number of Topliss-reactive ketones (excluding diaryl/α,β-unsaturated/α-hetero) is 1. The van der Waals surface area contributed by atoms with Crippen LogP contribution in [0.5, 0.6) is 0 Å². The van der Waals surface area contributed by atoms with Crippen molar-refractivity contribution >= 4 is 22.8 Å². The SMILES string of the molecule is CCON=C(CC)C1=C(O)CC(c2cc(C)cs2)CC1=O. The van der Waals surface area contributed by atoms with Crippen molar-refractivity contribution in [3.8, 4) is 0 Å². The number of ketones is 1. The highest BCUT2D eigenvalue weighted by atomic mass is 32.1. The Morgan fingerprint density at radius 2 is 2.24 bits per heavy atom. The van der Waals surface area contributed by atoms with E-state index in [0.717, 1.165) is 4.88 Å². The molecule has 0 aromatic carbocycles. The van der Waals surface area contributed by atoms with Crippen molar-refractivity contribution in [2.75, 3.05) is 6.61 Å². The molecule has 1 atom stereocenters. The molecule has 2 rings (SSSR count). The zero-order valence-corrected chi connectivity index (χ0v) is 13.5. The Hall–Kier alpha value is -1.62. The summed E-state index contributed by atoms with van der Waals surface area (Å²) in [4.78, 5) is 18.6. The molecule has 0 saturated heterocycles. The van der Waals surface area contributed by atoms with Gasteiger partial charge < -0.3 is 9.94 Å². The van der Waals surface area contributed by atoms with E-state index in [1.165, 1.54) is 5.56 Å². The zero-order valence-electron chi connectivity index (χ0n) is 12.7. The minimum atomic E-state index is -0.0462. The van der Waals surface area contributed by atoms with Crippen LogP contribution in [-0.4, -0.2) is 23.2 Å². The van der Waals surface area contributed by atoms with Crippen LogP contribution in [0.2, 0.25) is 0 Å². The number of hydrogen-bond donors (Lipinski definition) is 1. The molecule has 0 bridgehead atoms. The third kappa shape index (κ3) is 3.53. The molecule has 1 aliphatic rings. The van der Waals surface area contributed by atoms with Crippen LogP contribution >= 0.6 is 11.3 Å². The molecular weight excluding hydrogens is 286 g/mol. The fraction of sp³-hybridized carbons (Fsp3) is 0.500. The number of hydrogen-bond acceptors (Lipinski definition) is 5. The average molecular weight is 307 g/mol. The third-order valence-corrected chi connectivity index (χ3v) is 4.73. The second-order valence-corrected chi connectivity index (χ2v) is 6.13. The second kappa shape index (κ2) is 6.89. The van der Waals surface area contributed by atoms with Gasteiger partial charge in [-0.05, 0) is 37.3 Å². The Balaban J connectivity index is 2.26. The molecule has 1 heterocycles. The smallest absolute Gasteiger partial charge is 0.168 e. The Morgan fingerprint density at radius 1 is 1.48 bits per heavy atom. The summed E-state index contributed by atoms with van der Waals surface area (Å²) >= 11 is 1.65. The van der Waals surface area contributed by atoms with Gasteiger partial charge in [-0.3, -0.25) is 4.79 Å². The minimum Gasteiger partial charge on any atom is -0.511 e.